The van der Waals surface area contributed by atoms with E-state index >= 15 is 0 Å². The molecule has 0 heterocycles. The number of unbranched alkanes of at least 4 members (excludes halogenated alkanes) is 9. The number of hydrogen-bond donors (Lipinski definition) is 1. The molecule has 104 valence electrons. The number of carboxylic acids is 1. The zero-order chi connectivity index (χ0) is 13.5. The van der Waals surface area contributed by atoms with Crippen LogP contribution in [0.4, 0.5) is 0 Å². The van der Waals surface area contributed by atoms with Crippen LogP contribution in [0, 0.1) is 0 Å². The van der Waals surface area contributed by atoms with Gasteiger partial charge in [-0.25, -0.2) is 4.79 Å². The van der Waals surface area contributed by atoms with Gasteiger partial charge in [-0.15, -0.1) is 0 Å². The van der Waals surface area contributed by atoms with E-state index in [0.29, 0.717) is 0 Å². The van der Waals surface area contributed by atoms with Gasteiger partial charge in [0.25, 0.3) is 0 Å². The lowest BCUT2D eigenvalue weighted by Crippen LogP contribution is -1.84. The molecule has 2 nitrogen and oxygen atoms in total. The summed E-state index contributed by atoms with van der Waals surface area (Å²) < 4.78 is 0. The smallest absolute Gasteiger partial charge is 0.328 e. The molecule has 0 rings (SSSR count). The zero-order valence-corrected chi connectivity index (χ0v) is 11.7. The van der Waals surface area contributed by atoms with Crippen molar-refractivity contribution >= 4 is 5.97 Å². The van der Waals surface area contributed by atoms with E-state index in [1.165, 1.54) is 57.8 Å². The first-order chi connectivity index (χ1) is 8.77. The molecule has 0 spiro atoms. The minimum Gasteiger partial charge on any atom is -0.478 e. The monoisotopic (exact) mass is 252 g/mol. The zero-order valence-electron chi connectivity index (χ0n) is 11.7. The number of aliphatic carboxylic acids is 1. The highest BCUT2D eigenvalue weighted by molar-refractivity contribution is 5.80. The molecule has 2 heteroatoms. The summed E-state index contributed by atoms with van der Waals surface area (Å²) in [5.74, 6) is -0.886. The van der Waals surface area contributed by atoms with Crippen molar-refractivity contribution in [1.82, 2.24) is 0 Å². The lowest BCUT2D eigenvalue weighted by Gasteiger charge is -2.00. The number of allylic oxidation sites excluding steroid dienone is 3. The molecule has 0 radical (unpaired) electrons. The molecule has 0 saturated heterocycles. The van der Waals surface area contributed by atoms with Crippen molar-refractivity contribution < 1.29 is 9.90 Å². The normalized spacial score (nSPS) is 11.6. The standard InChI is InChI=1S/C16H28O2/c1-2-3-4-5-6-7-8-9-10-11-12-13-14-15-16(17)18/h12-15H,2-11H2,1H3,(H,17,18)/b13-12-,15-14-. The van der Waals surface area contributed by atoms with Crippen LogP contribution in [0.2, 0.25) is 0 Å². The van der Waals surface area contributed by atoms with Gasteiger partial charge in [-0.2, -0.15) is 0 Å². The van der Waals surface area contributed by atoms with Gasteiger partial charge in [0, 0.05) is 6.08 Å². The first-order valence-electron chi connectivity index (χ1n) is 7.33. The van der Waals surface area contributed by atoms with Crippen LogP contribution in [0.3, 0.4) is 0 Å². The molecule has 0 amide bonds. The Labute approximate surface area is 112 Å². The number of rotatable bonds is 12. The molecule has 0 aromatic rings. The second kappa shape index (κ2) is 14.0. The topological polar surface area (TPSA) is 37.3 Å². The molecule has 18 heavy (non-hydrogen) atoms. The highest BCUT2D eigenvalue weighted by atomic mass is 16.4. The third kappa shape index (κ3) is 14.9. The van der Waals surface area contributed by atoms with E-state index in [-0.39, 0.29) is 0 Å². The number of carbonyl (C=O) groups is 1. The van der Waals surface area contributed by atoms with Gasteiger partial charge in [-0.3, -0.25) is 0 Å². The first kappa shape index (κ1) is 16.9. The Morgan fingerprint density at radius 3 is 2.00 bits per heavy atom. The van der Waals surface area contributed by atoms with Crippen LogP contribution in [0.5, 0.6) is 0 Å². The summed E-state index contributed by atoms with van der Waals surface area (Å²) >= 11 is 0. The van der Waals surface area contributed by atoms with Gasteiger partial charge in [-0.05, 0) is 12.8 Å². The molecule has 0 unspecified atom stereocenters. The van der Waals surface area contributed by atoms with Crippen LogP contribution >= 0.6 is 0 Å². The predicted octanol–water partition coefficient (Wildman–Crippen LogP) is 5.10. The molecule has 0 aliphatic rings. The molecule has 0 bridgehead atoms. The summed E-state index contributed by atoms with van der Waals surface area (Å²) in [7, 11) is 0. The maximum Gasteiger partial charge on any atom is 0.328 e. The number of hydrogen-bond acceptors (Lipinski definition) is 1. The Morgan fingerprint density at radius 1 is 0.889 bits per heavy atom. The van der Waals surface area contributed by atoms with Gasteiger partial charge in [0.1, 0.15) is 0 Å². The van der Waals surface area contributed by atoms with Crippen molar-refractivity contribution in [2.75, 3.05) is 0 Å². The predicted molar refractivity (Wildman–Crippen MR) is 77.8 cm³/mol. The van der Waals surface area contributed by atoms with Gasteiger partial charge in [-0.1, -0.05) is 76.5 Å². The SMILES string of the molecule is CCCCCCCCCCC/C=C\C=C/C(=O)O. The highest BCUT2D eigenvalue weighted by Crippen LogP contribution is 2.10. The van der Waals surface area contributed by atoms with Gasteiger partial charge >= 0.3 is 5.97 Å². The molecule has 0 atom stereocenters. The third-order valence-electron chi connectivity index (χ3n) is 2.96. The molecule has 1 N–H and O–H groups in total. The lowest BCUT2D eigenvalue weighted by molar-refractivity contribution is -0.131. The molecule has 0 aromatic carbocycles. The van der Waals surface area contributed by atoms with E-state index < -0.39 is 5.97 Å². The van der Waals surface area contributed by atoms with Gasteiger partial charge < -0.3 is 5.11 Å². The van der Waals surface area contributed by atoms with Gasteiger partial charge in [0.15, 0.2) is 0 Å². The van der Waals surface area contributed by atoms with Crippen LogP contribution < -0.4 is 0 Å². The van der Waals surface area contributed by atoms with Crippen molar-refractivity contribution in [3.8, 4) is 0 Å². The fraction of sp³-hybridized carbons (Fsp3) is 0.688. The highest BCUT2D eigenvalue weighted by Gasteiger charge is 1.90. The molecule has 0 aliphatic carbocycles. The van der Waals surface area contributed by atoms with Crippen molar-refractivity contribution in [2.45, 2.75) is 71.1 Å². The average Bonchev–Trinajstić information content (AvgIpc) is 2.34. The van der Waals surface area contributed by atoms with Crippen molar-refractivity contribution in [1.29, 1.82) is 0 Å². The fourth-order valence-corrected chi connectivity index (χ4v) is 1.89. The van der Waals surface area contributed by atoms with Crippen molar-refractivity contribution in [2.24, 2.45) is 0 Å². The maximum absolute atomic E-state index is 10.2. The van der Waals surface area contributed by atoms with Crippen molar-refractivity contribution in [3.05, 3.63) is 24.3 Å². The van der Waals surface area contributed by atoms with E-state index in [2.05, 4.69) is 6.92 Å². The third-order valence-corrected chi connectivity index (χ3v) is 2.96. The van der Waals surface area contributed by atoms with E-state index in [0.717, 1.165) is 12.5 Å². The fourth-order valence-electron chi connectivity index (χ4n) is 1.89. The molecule has 0 aromatic heterocycles. The first-order valence-corrected chi connectivity index (χ1v) is 7.33. The van der Waals surface area contributed by atoms with E-state index in [1.54, 1.807) is 6.08 Å². The average molecular weight is 252 g/mol. The van der Waals surface area contributed by atoms with E-state index in [9.17, 15) is 4.79 Å². The summed E-state index contributed by atoms with van der Waals surface area (Å²) in [5, 5.41) is 8.37. The second-order valence-electron chi connectivity index (χ2n) is 4.74. The lowest BCUT2D eigenvalue weighted by atomic mass is 10.1. The Kier molecular flexibility index (Phi) is 13.2. The van der Waals surface area contributed by atoms with Crippen LogP contribution in [-0.2, 0) is 4.79 Å². The summed E-state index contributed by atoms with van der Waals surface area (Å²) in [6.45, 7) is 2.25. The quantitative estimate of drug-likeness (QED) is 0.298. The molecule has 0 aliphatic heterocycles. The van der Waals surface area contributed by atoms with Crippen molar-refractivity contribution in [3.63, 3.8) is 0 Å². The number of carboxylic acid groups (broad SMARTS) is 1. The molecule has 0 saturated carbocycles. The maximum atomic E-state index is 10.2. The summed E-state index contributed by atoms with van der Waals surface area (Å²) in [6, 6.07) is 0. The minimum atomic E-state index is -0.886. The van der Waals surface area contributed by atoms with E-state index in [1.807, 2.05) is 12.2 Å². The van der Waals surface area contributed by atoms with E-state index in [4.69, 9.17) is 5.11 Å². The van der Waals surface area contributed by atoms with Crippen LogP contribution in [0.1, 0.15) is 71.1 Å². The van der Waals surface area contributed by atoms with Gasteiger partial charge in [0.2, 0.25) is 0 Å². The second-order valence-corrected chi connectivity index (χ2v) is 4.74. The summed E-state index contributed by atoms with van der Waals surface area (Å²) in [6.07, 6.45) is 19.8. The Bertz CT molecular complexity index is 241. The Balaban J connectivity index is 3.14. The summed E-state index contributed by atoms with van der Waals surface area (Å²) in [5.41, 5.74) is 0. The molecule has 0 fully saturated rings. The molecular formula is C16H28O2. The summed E-state index contributed by atoms with van der Waals surface area (Å²) in [4.78, 5) is 10.2. The molecular weight excluding hydrogens is 224 g/mol. The van der Waals surface area contributed by atoms with Crippen LogP contribution in [-0.4, -0.2) is 11.1 Å². The van der Waals surface area contributed by atoms with Crippen LogP contribution in [0.25, 0.3) is 0 Å². The van der Waals surface area contributed by atoms with Gasteiger partial charge in [0.05, 0.1) is 0 Å². The largest absolute Gasteiger partial charge is 0.478 e. The Morgan fingerprint density at radius 2 is 1.44 bits per heavy atom. The van der Waals surface area contributed by atoms with Crippen LogP contribution in [0.15, 0.2) is 24.3 Å². The Hall–Kier alpha value is -1.05. The minimum absolute atomic E-state index is 0.886.